The Morgan fingerprint density at radius 1 is 0.930 bits per heavy atom. The number of nitrogens with zero attached hydrogens (tertiary/aromatic N) is 4. The molecule has 1 unspecified atom stereocenters. The van der Waals surface area contributed by atoms with Crippen LogP contribution in [-0.2, 0) is 14.4 Å². The molecule has 4 aromatic rings. The van der Waals surface area contributed by atoms with Crippen LogP contribution in [0.2, 0.25) is 0 Å². The number of imide groups is 2. The first kappa shape index (κ1) is 39.8. The highest BCUT2D eigenvalue weighted by Crippen LogP contribution is 2.36. The van der Waals surface area contributed by atoms with Crippen LogP contribution in [0.1, 0.15) is 67.2 Å². The topological polar surface area (TPSA) is 232 Å². The predicted molar refractivity (Wildman–Crippen MR) is 207 cm³/mol. The van der Waals surface area contributed by atoms with Crippen LogP contribution in [-0.4, -0.2) is 101 Å². The van der Waals surface area contributed by atoms with E-state index in [0.29, 0.717) is 65.5 Å². The van der Waals surface area contributed by atoms with E-state index in [0.717, 1.165) is 4.90 Å². The molecule has 0 saturated carbocycles. The summed E-state index contributed by atoms with van der Waals surface area (Å²) in [5.41, 5.74) is 1.18. The minimum Gasteiger partial charge on any atom is -0.497 e. The third-order valence-electron chi connectivity index (χ3n) is 8.95. The highest BCUT2D eigenvalue weighted by molar-refractivity contribution is 6.24. The summed E-state index contributed by atoms with van der Waals surface area (Å²) < 4.78 is 16.6. The first-order chi connectivity index (χ1) is 27.2. The molecular weight excluding hydrogens is 738 g/mol. The number of benzene rings is 2. The lowest BCUT2D eigenvalue weighted by molar-refractivity contribution is -0.136. The highest BCUT2D eigenvalue weighted by atomic mass is 16.5. The lowest BCUT2D eigenvalue weighted by Gasteiger charge is -2.27. The molecule has 5 N–H and O–H groups in total. The molecule has 2 aromatic carbocycles. The van der Waals surface area contributed by atoms with E-state index in [-0.39, 0.29) is 35.5 Å². The lowest BCUT2D eigenvalue weighted by atomic mass is 10.0. The molecule has 2 aliphatic heterocycles. The molecule has 57 heavy (non-hydrogen) atoms. The van der Waals surface area contributed by atoms with Gasteiger partial charge in [0, 0.05) is 48.3 Å². The Bertz CT molecular complexity index is 2230. The van der Waals surface area contributed by atoms with E-state index in [4.69, 9.17) is 19.2 Å². The van der Waals surface area contributed by atoms with Crippen molar-refractivity contribution in [3.8, 4) is 28.4 Å². The number of unbranched alkanes of at least 4 members (excludes halogenated alkanes) is 1. The SMILES string of the molecule is COc1cc(OC)cc(-c2cc3cnc(NCCCCNC(=O)COc4cccc5c4C(=O)N(C4CCC(=O)NC4=O)C5=O)nc3nc2NC(=O)NC(C)(C)C)c1. The number of methoxy groups -OCH3 is 2. The Morgan fingerprint density at radius 3 is 2.37 bits per heavy atom. The Hall–Kier alpha value is -6.85. The smallest absolute Gasteiger partial charge is 0.320 e. The number of piperidine rings is 1. The van der Waals surface area contributed by atoms with Gasteiger partial charge in [-0.25, -0.2) is 14.8 Å². The zero-order chi connectivity index (χ0) is 40.9. The van der Waals surface area contributed by atoms with Crippen LogP contribution in [0.25, 0.3) is 22.2 Å². The Balaban J connectivity index is 1.02. The second kappa shape index (κ2) is 16.9. The molecule has 7 amide bonds. The van der Waals surface area contributed by atoms with E-state index < -0.39 is 53.8 Å². The standard InChI is InChI=1S/C39H43N9O9/c1-39(2,3)47-38(54)46-33-26(21-15-23(55-4)18-24(16-21)56-5)17-22-19-42-37(45-32(22)44-33)41-14-7-6-13-40-30(50)20-57-28-10-8-9-25-31(28)36(53)48(35(25)52)27-11-12-29(49)43-34(27)51/h8-10,15-19,27H,6-7,11-14,20H2,1-5H3,(H,40,50)(H,43,49,51)(H3,41,42,44,45,46,47,54). The molecule has 0 aliphatic carbocycles. The van der Waals surface area contributed by atoms with Crippen molar-refractivity contribution in [1.82, 2.24) is 35.8 Å². The molecule has 6 rings (SSSR count). The number of fused-ring (bicyclic) bond motifs is 2. The number of amides is 7. The molecule has 1 atom stereocenters. The molecule has 0 bridgehead atoms. The van der Waals surface area contributed by atoms with Crippen molar-refractivity contribution in [2.75, 3.05) is 44.5 Å². The van der Waals surface area contributed by atoms with E-state index in [1.807, 2.05) is 39.0 Å². The fourth-order valence-electron chi connectivity index (χ4n) is 6.28. The van der Waals surface area contributed by atoms with Gasteiger partial charge in [-0.3, -0.25) is 39.5 Å². The van der Waals surface area contributed by atoms with Crippen molar-refractivity contribution in [2.24, 2.45) is 0 Å². The minimum atomic E-state index is -1.11. The fourth-order valence-corrected chi connectivity index (χ4v) is 6.28. The monoisotopic (exact) mass is 781 g/mol. The molecular formula is C39H43N9O9. The summed E-state index contributed by atoms with van der Waals surface area (Å²) in [4.78, 5) is 90.3. The van der Waals surface area contributed by atoms with E-state index in [1.54, 1.807) is 26.5 Å². The van der Waals surface area contributed by atoms with Crippen LogP contribution in [0.5, 0.6) is 17.2 Å². The number of urea groups is 1. The number of carbonyl (C=O) groups excluding carboxylic acids is 6. The van der Waals surface area contributed by atoms with Crippen molar-refractivity contribution in [3.63, 3.8) is 0 Å². The summed E-state index contributed by atoms with van der Waals surface area (Å²) in [5, 5.41) is 14.5. The van der Waals surface area contributed by atoms with Gasteiger partial charge in [0.15, 0.2) is 12.3 Å². The van der Waals surface area contributed by atoms with E-state index >= 15 is 0 Å². The molecule has 18 heteroatoms. The largest absolute Gasteiger partial charge is 0.497 e. The van der Waals surface area contributed by atoms with Crippen molar-refractivity contribution in [3.05, 3.63) is 59.8 Å². The van der Waals surface area contributed by atoms with Crippen molar-refractivity contribution < 1.29 is 43.0 Å². The molecule has 4 heterocycles. The van der Waals surface area contributed by atoms with Gasteiger partial charge in [0.1, 0.15) is 29.1 Å². The molecule has 2 aromatic heterocycles. The number of carbonyl (C=O) groups is 6. The summed E-state index contributed by atoms with van der Waals surface area (Å²) >= 11 is 0. The zero-order valence-corrected chi connectivity index (χ0v) is 32.1. The van der Waals surface area contributed by atoms with E-state index in [1.165, 1.54) is 18.2 Å². The van der Waals surface area contributed by atoms with Crippen molar-refractivity contribution >= 4 is 58.4 Å². The van der Waals surface area contributed by atoms with Crippen LogP contribution in [0.3, 0.4) is 0 Å². The summed E-state index contributed by atoms with van der Waals surface area (Å²) in [5.74, 6) is -1.24. The normalized spacial score (nSPS) is 15.2. The number of aromatic nitrogens is 3. The molecule has 0 radical (unpaired) electrons. The van der Waals surface area contributed by atoms with Gasteiger partial charge in [0.05, 0.1) is 25.3 Å². The number of hydrogen-bond acceptors (Lipinski definition) is 13. The molecule has 1 saturated heterocycles. The minimum absolute atomic E-state index is 0.00124. The fraction of sp³-hybridized carbons (Fsp3) is 0.359. The Kier molecular flexibility index (Phi) is 11.8. The zero-order valence-electron chi connectivity index (χ0n) is 32.1. The average Bonchev–Trinajstić information content (AvgIpc) is 3.42. The second-order valence-electron chi connectivity index (χ2n) is 14.3. The summed E-state index contributed by atoms with van der Waals surface area (Å²) in [7, 11) is 3.11. The van der Waals surface area contributed by atoms with Gasteiger partial charge in [-0.05, 0) is 75.9 Å². The molecule has 298 valence electrons. The summed E-state index contributed by atoms with van der Waals surface area (Å²) in [6.07, 6.45) is 2.91. The molecule has 2 aliphatic rings. The van der Waals surface area contributed by atoms with Gasteiger partial charge in [-0.1, -0.05) is 6.07 Å². The summed E-state index contributed by atoms with van der Waals surface area (Å²) in [6, 6.07) is 10.1. The average molecular weight is 782 g/mol. The maximum absolute atomic E-state index is 13.3. The maximum Gasteiger partial charge on any atom is 0.320 e. The van der Waals surface area contributed by atoms with Gasteiger partial charge in [-0.15, -0.1) is 0 Å². The molecule has 0 spiro atoms. The lowest BCUT2D eigenvalue weighted by Crippen LogP contribution is -2.54. The van der Waals surface area contributed by atoms with Gasteiger partial charge >= 0.3 is 6.03 Å². The number of rotatable bonds is 14. The first-order valence-electron chi connectivity index (χ1n) is 18.2. The number of nitrogens with one attached hydrogen (secondary N) is 5. The van der Waals surface area contributed by atoms with E-state index in [9.17, 15) is 28.8 Å². The van der Waals surface area contributed by atoms with Crippen LogP contribution in [0, 0.1) is 0 Å². The van der Waals surface area contributed by atoms with Crippen LogP contribution in [0.15, 0.2) is 48.7 Å². The molecule has 18 nitrogen and oxygen atoms in total. The first-order valence-corrected chi connectivity index (χ1v) is 18.2. The number of ether oxygens (including phenoxy) is 3. The number of anilines is 2. The summed E-state index contributed by atoms with van der Waals surface area (Å²) in [6.45, 7) is 6.02. The van der Waals surface area contributed by atoms with Gasteiger partial charge < -0.3 is 30.2 Å². The van der Waals surface area contributed by atoms with E-state index in [2.05, 4.69) is 36.6 Å². The Labute approximate surface area is 327 Å². The van der Waals surface area contributed by atoms with Crippen LogP contribution < -0.4 is 40.8 Å². The van der Waals surface area contributed by atoms with Gasteiger partial charge in [-0.2, -0.15) is 4.98 Å². The second-order valence-corrected chi connectivity index (χ2v) is 14.3. The van der Waals surface area contributed by atoms with Crippen molar-refractivity contribution in [2.45, 2.75) is 58.0 Å². The Morgan fingerprint density at radius 2 is 1.67 bits per heavy atom. The quantitative estimate of drug-likeness (QED) is 0.0913. The highest BCUT2D eigenvalue weighted by Gasteiger charge is 2.46. The third kappa shape index (κ3) is 9.34. The molecule has 1 fully saturated rings. The predicted octanol–water partition coefficient (Wildman–Crippen LogP) is 3.42. The maximum atomic E-state index is 13.3. The number of pyridine rings is 1. The van der Waals surface area contributed by atoms with Gasteiger partial charge in [0.2, 0.25) is 17.8 Å². The third-order valence-corrected chi connectivity index (χ3v) is 8.95. The van der Waals surface area contributed by atoms with Crippen LogP contribution in [0.4, 0.5) is 16.6 Å². The van der Waals surface area contributed by atoms with Crippen molar-refractivity contribution in [1.29, 1.82) is 0 Å². The number of hydrogen-bond donors (Lipinski definition) is 5. The van der Waals surface area contributed by atoms with Gasteiger partial charge in [0.25, 0.3) is 17.7 Å². The van der Waals surface area contributed by atoms with Crippen LogP contribution >= 0.6 is 0 Å².